The van der Waals surface area contributed by atoms with Gasteiger partial charge in [-0.15, -0.1) is 5.10 Å². The first-order valence-electron chi connectivity index (χ1n) is 8.37. The molecule has 132 valence electrons. The van der Waals surface area contributed by atoms with Gasteiger partial charge in [0.15, 0.2) is 0 Å². The smallest absolute Gasteiger partial charge is 0.102 e. The number of rotatable bonds is 5. The van der Waals surface area contributed by atoms with Crippen LogP contribution in [0.4, 0.5) is 5.69 Å². The van der Waals surface area contributed by atoms with Gasteiger partial charge in [-0.3, -0.25) is 0 Å². The van der Waals surface area contributed by atoms with Gasteiger partial charge in [-0.1, -0.05) is 23.7 Å². The van der Waals surface area contributed by atoms with E-state index in [1.807, 2.05) is 46.0 Å². The van der Waals surface area contributed by atoms with Crippen molar-refractivity contribution in [1.29, 1.82) is 0 Å². The maximum atomic E-state index is 5.97. The van der Waals surface area contributed by atoms with Gasteiger partial charge in [-0.2, -0.15) is 5.10 Å². The molecular formula is C18H23ClN6. The highest BCUT2D eigenvalue weighted by Gasteiger charge is 2.16. The average molecular weight is 359 g/mol. The van der Waals surface area contributed by atoms with Gasteiger partial charge in [0.05, 0.1) is 41.5 Å². The third kappa shape index (κ3) is 3.85. The number of nitrogens with one attached hydrogen (secondary N) is 1. The second-order valence-corrected chi connectivity index (χ2v) is 7.36. The molecule has 6 nitrogen and oxygen atoms in total. The van der Waals surface area contributed by atoms with Gasteiger partial charge in [-0.05, 0) is 51.5 Å². The van der Waals surface area contributed by atoms with Crippen LogP contribution in [0.3, 0.4) is 0 Å². The van der Waals surface area contributed by atoms with Crippen LogP contribution in [0.2, 0.25) is 5.02 Å². The van der Waals surface area contributed by atoms with E-state index in [2.05, 4.69) is 48.4 Å². The summed E-state index contributed by atoms with van der Waals surface area (Å²) in [7, 11) is 0. The summed E-state index contributed by atoms with van der Waals surface area (Å²) >= 11 is 5.97. The summed E-state index contributed by atoms with van der Waals surface area (Å²) in [5, 5.41) is 17.1. The summed E-state index contributed by atoms with van der Waals surface area (Å²) in [5.74, 6) is 0. The lowest BCUT2D eigenvalue weighted by Crippen LogP contribution is -2.22. The predicted molar refractivity (Wildman–Crippen MR) is 100 cm³/mol. The summed E-state index contributed by atoms with van der Waals surface area (Å²) in [6, 6.07) is 7.67. The van der Waals surface area contributed by atoms with Crippen molar-refractivity contribution >= 4 is 17.3 Å². The van der Waals surface area contributed by atoms with E-state index in [0.717, 1.165) is 29.2 Å². The molecule has 0 saturated heterocycles. The van der Waals surface area contributed by atoms with Gasteiger partial charge >= 0.3 is 0 Å². The number of aromatic nitrogens is 5. The van der Waals surface area contributed by atoms with Gasteiger partial charge in [0, 0.05) is 5.02 Å². The third-order valence-corrected chi connectivity index (χ3v) is 4.22. The van der Waals surface area contributed by atoms with Crippen molar-refractivity contribution in [2.75, 3.05) is 5.32 Å². The Balaban J connectivity index is 1.77. The molecule has 1 N–H and O–H groups in total. The van der Waals surface area contributed by atoms with E-state index < -0.39 is 0 Å². The molecule has 0 atom stereocenters. The van der Waals surface area contributed by atoms with Crippen molar-refractivity contribution in [3.63, 3.8) is 0 Å². The second kappa shape index (κ2) is 6.88. The van der Waals surface area contributed by atoms with Gasteiger partial charge in [0.25, 0.3) is 0 Å². The fraction of sp³-hybridized carbons (Fsp3) is 0.389. The number of hydrogen-bond donors (Lipinski definition) is 1. The number of nitrogens with zero attached hydrogens (tertiary/aromatic N) is 5. The van der Waals surface area contributed by atoms with E-state index in [-0.39, 0.29) is 5.54 Å². The largest absolute Gasteiger partial charge is 0.376 e. The van der Waals surface area contributed by atoms with Crippen LogP contribution >= 0.6 is 11.6 Å². The van der Waals surface area contributed by atoms with Crippen LogP contribution in [0.15, 0.2) is 36.7 Å². The first kappa shape index (κ1) is 17.5. The molecule has 0 fully saturated rings. The highest BCUT2D eigenvalue weighted by Crippen LogP contribution is 2.22. The minimum Gasteiger partial charge on any atom is -0.376 e. The van der Waals surface area contributed by atoms with Gasteiger partial charge in [0.2, 0.25) is 0 Å². The highest BCUT2D eigenvalue weighted by molar-refractivity contribution is 6.30. The summed E-state index contributed by atoms with van der Waals surface area (Å²) in [6.07, 6.45) is 4.68. The Kier molecular flexibility index (Phi) is 4.81. The van der Waals surface area contributed by atoms with Gasteiger partial charge in [-0.25, -0.2) is 9.36 Å². The number of anilines is 1. The average Bonchev–Trinajstić information content (AvgIpc) is 3.20. The van der Waals surface area contributed by atoms with Crippen LogP contribution in [0, 0.1) is 0 Å². The number of benzene rings is 1. The van der Waals surface area contributed by atoms with Crippen molar-refractivity contribution in [2.24, 2.45) is 0 Å². The van der Waals surface area contributed by atoms with Crippen LogP contribution < -0.4 is 5.32 Å². The monoisotopic (exact) mass is 358 g/mol. The van der Waals surface area contributed by atoms with Gasteiger partial charge < -0.3 is 5.32 Å². The Morgan fingerprint density at radius 2 is 1.88 bits per heavy atom. The quantitative estimate of drug-likeness (QED) is 0.747. The highest BCUT2D eigenvalue weighted by atomic mass is 35.5. The molecule has 0 unspecified atom stereocenters. The zero-order valence-electron chi connectivity index (χ0n) is 15.0. The molecule has 7 heteroatoms. The summed E-state index contributed by atoms with van der Waals surface area (Å²) in [4.78, 5) is 0. The van der Waals surface area contributed by atoms with Gasteiger partial charge in [0.1, 0.15) is 5.69 Å². The minimum absolute atomic E-state index is 0.0701. The normalized spacial score (nSPS) is 11.7. The molecule has 1 aromatic carbocycles. The van der Waals surface area contributed by atoms with Crippen molar-refractivity contribution < 1.29 is 0 Å². The van der Waals surface area contributed by atoms with E-state index >= 15 is 0 Å². The zero-order valence-corrected chi connectivity index (χ0v) is 15.7. The molecule has 0 amide bonds. The van der Waals surface area contributed by atoms with Crippen LogP contribution in [0.25, 0.3) is 5.69 Å². The molecule has 3 rings (SSSR count). The molecule has 0 bridgehead atoms. The van der Waals surface area contributed by atoms with E-state index in [1.165, 1.54) is 0 Å². The Hall–Kier alpha value is -2.34. The fourth-order valence-electron chi connectivity index (χ4n) is 2.56. The molecule has 0 aliphatic rings. The van der Waals surface area contributed by atoms with E-state index in [0.29, 0.717) is 11.6 Å². The molecule has 25 heavy (non-hydrogen) atoms. The van der Waals surface area contributed by atoms with Crippen LogP contribution in [-0.2, 0) is 18.5 Å². The van der Waals surface area contributed by atoms with Crippen LogP contribution in [0.5, 0.6) is 0 Å². The number of hydrogen-bond acceptors (Lipinski definition) is 4. The standard InChI is InChI=1S/C18H23ClN6/c1-5-17-16(11-21-25(17)15-8-6-13(19)7-9-15)20-10-14-12-24(23-22-14)18(2,3)4/h6-9,11-12,20H,5,10H2,1-4H3. The Labute approximate surface area is 152 Å². The zero-order chi connectivity index (χ0) is 18.0. The number of halogens is 1. The second-order valence-electron chi connectivity index (χ2n) is 6.93. The molecule has 2 aromatic heterocycles. The SMILES string of the molecule is CCc1c(NCc2cn(C(C)(C)C)nn2)cnn1-c1ccc(Cl)cc1. The lowest BCUT2D eigenvalue weighted by Gasteiger charge is -2.17. The lowest BCUT2D eigenvalue weighted by molar-refractivity contribution is 0.347. The first-order chi connectivity index (χ1) is 11.9. The maximum Gasteiger partial charge on any atom is 0.102 e. The molecule has 0 saturated carbocycles. The minimum atomic E-state index is -0.0701. The summed E-state index contributed by atoms with van der Waals surface area (Å²) in [5.41, 5.74) is 3.94. The molecule has 0 spiro atoms. The van der Waals surface area contributed by atoms with E-state index in [9.17, 15) is 0 Å². The van der Waals surface area contributed by atoms with Crippen LogP contribution in [0.1, 0.15) is 39.1 Å². The van der Waals surface area contributed by atoms with Crippen molar-refractivity contribution in [2.45, 2.75) is 46.2 Å². The molecule has 0 radical (unpaired) electrons. The van der Waals surface area contributed by atoms with E-state index in [4.69, 9.17) is 11.6 Å². The molecular weight excluding hydrogens is 336 g/mol. The molecule has 3 aromatic rings. The van der Waals surface area contributed by atoms with E-state index in [1.54, 1.807) is 0 Å². The van der Waals surface area contributed by atoms with Crippen molar-refractivity contribution in [3.8, 4) is 5.69 Å². The Bertz CT molecular complexity index is 841. The third-order valence-electron chi connectivity index (χ3n) is 3.96. The molecule has 0 aliphatic heterocycles. The van der Waals surface area contributed by atoms with Crippen molar-refractivity contribution in [1.82, 2.24) is 24.8 Å². The topological polar surface area (TPSA) is 60.6 Å². The first-order valence-corrected chi connectivity index (χ1v) is 8.74. The fourth-order valence-corrected chi connectivity index (χ4v) is 2.69. The maximum absolute atomic E-state index is 5.97. The van der Waals surface area contributed by atoms with Crippen molar-refractivity contribution in [3.05, 3.63) is 53.1 Å². The Morgan fingerprint density at radius 1 is 1.16 bits per heavy atom. The summed E-state index contributed by atoms with van der Waals surface area (Å²) < 4.78 is 3.81. The molecule has 2 heterocycles. The van der Waals surface area contributed by atoms with Crippen LogP contribution in [-0.4, -0.2) is 24.8 Å². The summed E-state index contributed by atoms with van der Waals surface area (Å²) in [6.45, 7) is 9.03. The predicted octanol–water partition coefficient (Wildman–Crippen LogP) is 4.05. The Morgan fingerprint density at radius 3 is 2.48 bits per heavy atom. The lowest BCUT2D eigenvalue weighted by atomic mass is 10.1. The molecule has 0 aliphatic carbocycles.